The zero-order valence-electron chi connectivity index (χ0n) is 12.6. The van der Waals surface area contributed by atoms with Crippen LogP contribution in [0.4, 0.5) is 0 Å². The summed E-state index contributed by atoms with van der Waals surface area (Å²) in [5.74, 6) is 0.375. The third-order valence-corrected chi connectivity index (χ3v) is 1.81. The summed E-state index contributed by atoms with van der Waals surface area (Å²) in [6.07, 6.45) is 1.18. The molecule has 1 heterocycles. The van der Waals surface area contributed by atoms with Gasteiger partial charge in [0.1, 0.15) is 6.10 Å². The van der Waals surface area contributed by atoms with Crippen LogP contribution in [0.2, 0.25) is 0 Å². The lowest BCUT2D eigenvalue weighted by Gasteiger charge is -2.09. The Kier molecular flexibility index (Phi) is 17.1. The van der Waals surface area contributed by atoms with Crippen LogP contribution in [0.5, 0.6) is 0 Å². The quantitative estimate of drug-likeness (QED) is 0.572. The van der Waals surface area contributed by atoms with Crippen LogP contribution in [-0.4, -0.2) is 55.0 Å². The lowest BCUT2D eigenvalue weighted by molar-refractivity contribution is -0.123. The number of hydrogen-bond acceptors (Lipinski definition) is 7. The van der Waals surface area contributed by atoms with Crippen LogP contribution in [0, 0.1) is 0 Å². The molecule has 0 aromatic carbocycles. The Morgan fingerprint density at radius 2 is 1.86 bits per heavy atom. The van der Waals surface area contributed by atoms with Crippen LogP contribution in [0.15, 0.2) is 22.8 Å². The molecule has 21 heavy (non-hydrogen) atoms. The van der Waals surface area contributed by atoms with Crippen LogP contribution in [0.1, 0.15) is 31.3 Å². The molecule has 0 aliphatic carbocycles. The van der Waals surface area contributed by atoms with Gasteiger partial charge in [-0.05, 0) is 32.9 Å². The number of carbonyl (C=O) groups is 2. The Hall–Kier alpha value is -1.54. The smallest absolute Gasteiger partial charge is 0.185 e. The molecule has 0 amide bonds. The summed E-state index contributed by atoms with van der Waals surface area (Å²) in [5, 5.41) is 15.9. The van der Waals surface area contributed by atoms with Crippen LogP contribution >= 0.6 is 0 Å². The summed E-state index contributed by atoms with van der Waals surface area (Å²) in [7, 11) is 0. The van der Waals surface area contributed by atoms with E-state index < -0.39 is 12.7 Å². The van der Waals surface area contributed by atoms with E-state index in [2.05, 4.69) is 4.42 Å². The predicted octanol–water partition coefficient (Wildman–Crippen LogP) is 1.04. The fourth-order valence-corrected chi connectivity index (χ4v) is 0.919. The molecule has 1 aromatic heterocycles. The fraction of sp³-hybridized carbons (Fsp3) is 0.571. The van der Waals surface area contributed by atoms with Crippen molar-refractivity contribution in [1.29, 1.82) is 0 Å². The molecule has 7 nitrogen and oxygen atoms in total. The van der Waals surface area contributed by atoms with Gasteiger partial charge in [-0.1, -0.05) is 0 Å². The van der Waals surface area contributed by atoms with Crippen molar-refractivity contribution in [2.45, 2.75) is 33.2 Å². The minimum absolute atomic E-state index is 0.0370. The van der Waals surface area contributed by atoms with E-state index in [4.69, 9.17) is 19.7 Å². The Balaban J connectivity index is 0. The molecule has 1 atom stereocenters. The molecule has 0 spiro atoms. The second-order valence-electron chi connectivity index (χ2n) is 3.50. The highest BCUT2D eigenvalue weighted by Gasteiger charge is 1.94. The highest BCUT2D eigenvalue weighted by Crippen LogP contribution is 1.92. The molecule has 0 aliphatic rings. The molecule has 0 bridgehead atoms. The van der Waals surface area contributed by atoms with E-state index in [0.717, 1.165) is 13.2 Å². The zero-order valence-corrected chi connectivity index (χ0v) is 12.6. The lowest BCUT2D eigenvalue weighted by atomic mass is 10.4. The largest absolute Gasteiger partial charge is 0.462 e. The van der Waals surface area contributed by atoms with E-state index in [9.17, 15) is 9.59 Å². The van der Waals surface area contributed by atoms with Gasteiger partial charge in [0.25, 0.3) is 0 Å². The number of ether oxygens (including phenoxy) is 2. The maximum Gasteiger partial charge on any atom is 0.185 e. The molecule has 7 heteroatoms. The van der Waals surface area contributed by atoms with Gasteiger partial charge in [-0.3, -0.25) is 4.79 Å². The van der Waals surface area contributed by atoms with Gasteiger partial charge in [0.15, 0.2) is 24.6 Å². The van der Waals surface area contributed by atoms with Crippen molar-refractivity contribution in [2.75, 3.05) is 19.8 Å². The molecule has 0 saturated heterocycles. The van der Waals surface area contributed by atoms with Crippen molar-refractivity contribution in [3.05, 3.63) is 24.2 Å². The van der Waals surface area contributed by atoms with Crippen LogP contribution in [-0.2, 0) is 14.3 Å². The van der Waals surface area contributed by atoms with E-state index in [0.29, 0.717) is 12.0 Å². The molecule has 0 saturated carbocycles. The van der Waals surface area contributed by atoms with Gasteiger partial charge in [-0.15, -0.1) is 0 Å². The normalized spacial score (nSPS) is 10.8. The number of rotatable bonds is 7. The first-order valence-corrected chi connectivity index (χ1v) is 6.51. The monoisotopic (exact) mass is 304 g/mol. The fourth-order valence-electron chi connectivity index (χ4n) is 0.919. The number of aliphatic hydroxyl groups excluding tert-OH is 2. The van der Waals surface area contributed by atoms with Crippen LogP contribution in [0.25, 0.3) is 0 Å². The SMILES string of the molecule is CCOC(C)OCC.O=CC(O)CO.O=Cc1ccco1. The number of hydrogen-bond donors (Lipinski definition) is 2. The van der Waals surface area contributed by atoms with Crippen LogP contribution < -0.4 is 0 Å². The Morgan fingerprint density at radius 3 is 2.05 bits per heavy atom. The molecule has 1 unspecified atom stereocenters. The highest BCUT2D eigenvalue weighted by molar-refractivity contribution is 5.69. The van der Waals surface area contributed by atoms with Gasteiger partial charge in [-0.25, -0.2) is 0 Å². The average Bonchev–Trinajstić information content (AvgIpc) is 3.01. The molecule has 0 radical (unpaired) electrons. The zero-order chi connectivity index (χ0) is 16.5. The Morgan fingerprint density at radius 1 is 1.29 bits per heavy atom. The number of aliphatic hydroxyl groups is 2. The third kappa shape index (κ3) is 16.4. The second kappa shape index (κ2) is 16.5. The van der Waals surface area contributed by atoms with Crippen molar-refractivity contribution in [3.8, 4) is 0 Å². The van der Waals surface area contributed by atoms with Gasteiger partial charge < -0.3 is 28.9 Å². The molecule has 0 aliphatic heterocycles. The van der Waals surface area contributed by atoms with Crippen molar-refractivity contribution >= 4 is 12.6 Å². The summed E-state index contributed by atoms with van der Waals surface area (Å²) < 4.78 is 14.7. The first-order chi connectivity index (χ1) is 10.0. The molecule has 2 N–H and O–H groups in total. The van der Waals surface area contributed by atoms with Crippen molar-refractivity contribution in [1.82, 2.24) is 0 Å². The van der Waals surface area contributed by atoms with E-state index >= 15 is 0 Å². The van der Waals surface area contributed by atoms with E-state index in [1.165, 1.54) is 6.26 Å². The maximum atomic E-state index is 9.77. The topological polar surface area (TPSA) is 106 Å². The molecular weight excluding hydrogens is 280 g/mol. The van der Waals surface area contributed by atoms with Gasteiger partial charge in [-0.2, -0.15) is 0 Å². The molecule has 1 rings (SSSR count). The summed E-state index contributed by atoms with van der Waals surface area (Å²) >= 11 is 0. The molecule has 122 valence electrons. The van der Waals surface area contributed by atoms with Gasteiger partial charge in [0.05, 0.1) is 12.9 Å². The van der Waals surface area contributed by atoms with Gasteiger partial charge in [0.2, 0.25) is 0 Å². The van der Waals surface area contributed by atoms with E-state index in [-0.39, 0.29) is 12.6 Å². The van der Waals surface area contributed by atoms with Crippen molar-refractivity contribution < 1.29 is 33.7 Å². The van der Waals surface area contributed by atoms with Crippen LogP contribution in [0.3, 0.4) is 0 Å². The number of aldehydes is 2. The minimum Gasteiger partial charge on any atom is -0.462 e. The summed E-state index contributed by atoms with van der Waals surface area (Å²) in [6, 6.07) is 3.27. The average molecular weight is 304 g/mol. The lowest BCUT2D eigenvalue weighted by Crippen LogP contribution is -2.12. The Bertz CT molecular complexity index is 318. The molecule has 1 aromatic rings. The third-order valence-electron chi connectivity index (χ3n) is 1.81. The standard InChI is InChI=1S/C6H14O2.C5H4O2.C3H6O3/c1-4-7-6(3)8-5-2;6-4-5-2-1-3-7-5;4-1-3(6)2-5/h6H,4-5H2,1-3H3;1-4H;1,3,5-6H,2H2. The molecule has 0 fully saturated rings. The van der Waals surface area contributed by atoms with E-state index in [1.54, 1.807) is 12.1 Å². The summed E-state index contributed by atoms with van der Waals surface area (Å²) in [4.78, 5) is 19.1. The number of furan rings is 1. The Labute approximate surface area is 124 Å². The summed E-state index contributed by atoms with van der Waals surface area (Å²) in [5.41, 5.74) is 0. The maximum absolute atomic E-state index is 9.77. The van der Waals surface area contributed by atoms with Gasteiger partial charge in [0, 0.05) is 13.2 Å². The summed E-state index contributed by atoms with van der Waals surface area (Å²) in [6.45, 7) is 6.77. The minimum atomic E-state index is -1.19. The highest BCUT2D eigenvalue weighted by atomic mass is 16.7. The second-order valence-corrected chi connectivity index (χ2v) is 3.50. The van der Waals surface area contributed by atoms with Gasteiger partial charge >= 0.3 is 0 Å². The molecular formula is C14H24O7. The number of carbonyl (C=O) groups excluding carboxylic acids is 2. The van der Waals surface area contributed by atoms with E-state index in [1.807, 2.05) is 20.8 Å². The predicted molar refractivity (Wildman–Crippen MR) is 76.0 cm³/mol. The first kappa shape index (κ1) is 21.8. The van der Waals surface area contributed by atoms with Crippen molar-refractivity contribution in [3.63, 3.8) is 0 Å². The first-order valence-electron chi connectivity index (χ1n) is 6.51. The van der Waals surface area contributed by atoms with Crippen molar-refractivity contribution in [2.24, 2.45) is 0 Å².